The van der Waals surface area contributed by atoms with E-state index in [4.69, 9.17) is 22.1 Å². The van der Waals surface area contributed by atoms with Crippen molar-refractivity contribution >= 4 is 11.6 Å². The average molecular weight is 375 g/mol. The van der Waals surface area contributed by atoms with Crippen LogP contribution in [0.25, 0.3) is 5.69 Å². The highest BCUT2D eigenvalue weighted by atomic mass is 35.5. The molecule has 2 aromatic rings. The molecule has 1 aliphatic carbocycles. The second kappa shape index (κ2) is 6.95. The van der Waals surface area contributed by atoms with Crippen molar-refractivity contribution in [3.05, 3.63) is 40.4 Å². The van der Waals surface area contributed by atoms with E-state index in [1.807, 2.05) is 12.1 Å². The molecule has 0 amide bonds. The summed E-state index contributed by atoms with van der Waals surface area (Å²) in [5.41, 5.74) is 8.65. The summed E-state index contributed by atoms with van der Waals surface area (Å²) in [5.74, 6) is 2.44. The van der Waals surface area contributed by atoms with Crippen molar-refractivity contribution in [3.63, 3.8) is 0 Å². The molecule has 26 heavy (non-hydrogen) atoms. The summed E-state index contributed by atoms with van der Waals surface area (Å²) < 4.78 is 8.22. The maximum absolute atomic E-state index is 6.33. The first kappa shape index (κ1) is 18.0. The lowest BCUT2D eigenvalue weighted by atomic mass is 9.79. The lowest BCUT2D eigenvalue weighted by Gasteiger charge is -2.36. The van der Waals surface area contributed by atoms with Crippen LogP contribution in [-0.4, -0.2) is 33.0 Å². The van der Waals surface area contributed by atoms with Crippen molar-refractivity contribution in [2.24, 2.45) is 5.73 Å². The molecule has 0 bridgehead atoms. The van der Waals surface area contributed by atoms with Crippen molar-refractivity contribution in [1.82, 2.24) is 14.8 Å². The van der Waals surface area contributed by atoms with Gasteiger partial charge in [-0.05, 0) is 69.7 Å². The third-order valence-electron chi connectivity index (χ3n) is 5.87. The van der Waals surface area contributed by atoms with Crippen LogP contribution in [0.1, 0.15) is 62.7 Å². The minimum atomic E-state index is 0.000670. The lowest BCUT2D eigenvalue weighted by molar-refractivity contribution is -0.0538. The van der Waals surface area contributed by atoms with Gasteiger partial charge >= 0.3 is 0 Å². The summed E-state index contributed by atoms with van der Waals surface area (Å²) in [6, 6.07) is 6.10. The highest BCUT2D eigenvalue weighted by molar-refractivity contribution is 6.30. The highest BCUT2D eigenvalue weighted by Gasteiger charge is 2.35. The van der Waals surface area contributed by atoms with Gasteiger partial charge in [-0.2, -0.15) is 0 Å². The van der Waals surface area contributed by atoms with Crippen LogP contribution in [0.5, 0.6) is 0 Å². The number of hydrogen-bond donors (Lipinski definition) is 1. The summed E-state index contributed by atoms with van der Waals surface area (Å²) in [4.78, 5) is 0. The number of nitrogens with two attached hydrogens (primary N) is 1. The summed E-state index contributed by atoms with van der Waals surface area (Å²) in [7, 11) is 0. The molecule has 1 atom stereocenters. The monoisotopic (exact) mass is 374 g/mol. The second-order valence-electron chi connectivity index (χ2n) is 7.91. The molecule has 1 aromatic carbocycles. The Morgan fingerprint density at radius 1 is 1.27 bits per heavy atom. The molecule has 2 heterocycles. The predicted octanol–water partition coefficient (Wildman–Crippen LogP) is 3.80. The van der Waals surface area contributed by atoms with Gasteiger partial charge in [-0.15, -0.1) is 10.2 Å². The Balaban J connectivity index is 1.69. The number of rotatable bonds is 3. The maximum atomic E-state index is 6.33. The summed E-state index contributed by atoms with van der Waals surface area (Å²) in [6.07, 6.45) is 5.81. The van der Waals surface area contributed by atoms with Crippen LogP contribution in [-0.2, 0) is 17.6 Å². The average Bonchev–Trinajstić information content (AvgIpc) is 2.93. The fourth-order valence-electron chi connectivity index (χ4n) is 4.49. The number of benzene rings is 1. The molecular formula is C20H27ClN4O. The Labute approximate surface area is 159 Å². The van der Waals surface area contributed by atoms with Gasteiger partial charge in [0.25, 0.3) is 0 Å². The maximum Gasteiger partial charge on any atom is 0.140 e. The molecule has 0 saturated heterocycles. The van der Waals surface area contributed by atoms with Gasteiger partial charge in [-0.25, -0.2) is 0 Å². The van der Waals surface area contributed by atoms with Crippen molar-refractivity contribution in [2.45, 2.75) is 69.9 Å². The molecule has 5 nitrogen and oxygen atoms in total. The minimum absolute atomic E-state index is 0.000670. The molecular weight excluding hydrogens is 348 g/mol. The van der Waals surface area contributed by atoms with E-state index in [1.54, 1.807) is 0 Å². The van der Waals surface area contributed by atoms with Gasteiger partial charge in [-0.1, -0.05) is 11.6 Å². The number of halogens is 1. The van der Waals surface area contributed by atoms with Crippen LogP contribution < -0.4 is 5.73 Å². The van der Waals surface area contributed by atoms with Crippen molar-refractivity contribution in [2.75, 3.05) is 6.61 Å². The first-order valence-electron chi connectivity index (χ1n) is 9.61. The first-order valence-corrected chi connectivity index (χ1v) is 9.99. The number of nitrogens with zero attached hydrogens (tertiary/aromatic N) is 3. The fourth-order valence-corrected chi connectivity index (χ4v) is 4.69. The number of aromatic nitrogens is 3. The largest absolute Gasteiger partial charge is 0.376 e. The minimum Gasteiger partial charge on any atom is -0.376 e. The Bertz CT molecular complexity index is 795. The lowest BCUT2D eigenvalue weighted by Crippen LogP contribution is -2.34. The number of fused-ring (bicyclic) bond motifs is 3. The molecule has 4 rings (SSSR count). The smallest absolute Gasteiger partial charge is 0.140 e. The fraction of sp³-hybridized carbons (Fsp3) is 0.600. The zero-order valence-electron chi connectivity index (χ0n) is 15.5. The van der Waals surface area contributed by atoms with Crippen LogP contribution in [0.4, 0.5) is 0 Å². The van der Waals surface area contributed by atoms with Crippen LogP contribution in [0.3, 0.4) is 0 Å². The Hall–Kier alpha value is -1.43. The normalized spacial score (nSPS) is 28.3. The van der Waals surface area contributed by atoms with E-state index >= 15 is 0 Å². The van der Waals surface area contributed by atoms with Gasteiger partial charge < -0.3 is 10.5 Å². The van der Waals surface area contributed by atoms with Gasteiger partial charge in [0.05, 0.1) is 11.3 Å². The third kappa shape index (κ3) is 3.28. The highest BCUT2D eigenvalue weighted by Crippen LogP contribution is 2.40. The molecule has 0 spiro atoms. The van der Waals surface area contributed by atoms with Crippen LogP contribution in [0.15, 0.2) is 18.2 Å². The number of hydrogen-bond acceptors (Lipinski definition) is 4. The predicted molar refractivity (Wildman–Crippen MR) is 103 cm³/mol. The first-order chi connectivity index (χ1) is 12.5. The molecule has 0 radical (unpaired) electrons. The molecule has 1 saturated carbocycles. The van der Waals surface area contributed by atoms with Crippen LogP contribution in [0.2, 0.25) is 5.02 Å². The SMILES string of the molecule is CCOC1(C)CCC(c2nnc3n2-c2ccc(Cl)cc2CC(N)C3)CC1. The summed E-state index contributed by atoms with van der Waals surface area (Å²) in [6.45, 7) is 5.07. The van der Waals surface area contributed by atoms with Crippen molar-refractivity contribution < 1.29 is 4.74 Å². The van der Waals surface area contributed by atoms with Gasteiger partial charge in [-0.3, -0.25) is 4.57 Å². The quantitative estimate of drug-likeness (QED) is 0.887. The van der Waals surface area contributed by atoms with E-state index in [0.717, 1.165) is 67.5 Å². The second-order valence-corrected chi connectivity index (χ2v) is 8.34. The summed E-state index contributed by atoms with van der Waals surface area (Å²) >= 11 is 6.23. The summed E-state index contributed by atoms with van der Waals surface area (Å²) in [5, 5.41) is 9.85. The Morgan fingerprint density at radius 2 is 2.04 bits per heavy atom. The van der Waals surface area contributed by atoms with E-state index in [9.17, 15) is 0 Å². The van der Waals surface area contributed by atoms with Gasteiger partial charge in [0, 0.05) is 30.0 Å². The third-order valence-corrected chi connectivity index (χ3v) is 6.10. The van der Waals surface area contributed by atoms with E-state index in [1.165, 1.54) is 5.56 Å². The van der Waals surface area contributed by atoms with Crippen LogP contribution >= 0.6 is 11.6 Å². The standard InChI is InChI=1S/C20H27ClN4O/c1-3-26-20(2)8-6-13(7-9-20)19-24-23-18-12-16(22)11-14-10-15(21)4-5-17(14)25(18)19/h4-5,10,13,16H,3,6-9,11-12,22H2,1-2H3. The van der Waals surface area contributed by atoms with Crippen molar-refractivity contribution in [3.8, 4) is 5.69 Å². The van der Waals surface area contributed by atoms with Gasteiger partial charge in [0.1, 0.15) is 11.6 Å². The molecule has 1 fully saturated rings. The van der Waals surface area contributed by atoms with E-state index in [-0.39, 0.29) is 11.6 Å². The number of ether oxygens (including phenoxy) is 1. The Kier molecular flexibility index (Phi) is 4.80. The van der Waals surface area contributed by atoms with Gasteiger partial charge in [0.2, 0.25) is 0 Å². The molecule has 1 aromatic heterocycles. The molecule has 2 aliphatic rings. The van der Waals surface area contributed by atoms with Gasteiger partial charge in [0.15, 0.2) is 0 Å². The van der Waals surface area contributed by atoms with E-state index in [0.29, 0.717) is 5.92 Å². The van der Waals surface area contributed by atoms with E-state index < -0.39 is 0 Å². The molecule has 2 N–H and O–H groups in total. The molecule has 1 unspecified atom stereocenters. The zero-order chi connectivity index (χ0) is 18.3. The van der Waals surface area contributed by atoms with E-state index in [2.05, 4.69) is 34.7 Å². The Morgan fingerprint density at radius 3 is 2.77 bits per heavy atom. The molecule has 140 valence electrons. The topological polar surface area (TPSA) is 66.0 Å². The van der Waals surface area contributed by atoms with Crippen molar-refractivity contribution in [1.29, 1.82) is 0 Å². The molecule has 1 aliphatic heterocycles. The molecule has 6 heteroatoms. The zero-order valence-corrected chi connectivity index (χ0v) is 16.3. The van der Waals surface area contributed by atoms with Crippen LogP contribution in [0, 0.1) is 0 Å².